The summed E-state index contributed by atoms with van der Waals surface area (Å²) in [5, 5.41) is 9.28. The van der Waals surface area contributed by atoms with Crippen molar-refractivity contribution in [2.24, 2.45) is 5.92 Å². The number of carbonyl (C=O) groups excluding carboxylic acids is 3. The molecule has 0 spiro atoms. The highest BCUT2D eigenvalue weighted by atomic mass is 16.5. The Morgan fingerprint density at radius 3 is 2.25 bits per heavy atom. The average Bonchev–Trinajstić information content (AvgIpc) is 3.50. The highest BCUT2D eigenvalue weighted by molar-refractivity contribution is 5.85. The molecule has 280 valence electrons. The van der Waals surface area contributed by atoms with E-state index in [2.05, 4.69) is 16.0 Å². The molecule has 2 aromatic rings. The van der Waals surface area contributed by atoms with Gasteiger partial charge in [-0.1, -0.05) is 39.2 Å². The number of amides is 2. The quantitative estimate of drug-likeness (QED) is 0.115. The van der Waals surface area contributed by atoms with E-state index >= 15 is 0 Å². The van der Waals surface area contributed by atoms with Gasteiger partial charge in [-0.15, -0.1) is 0 Å². The molecule has 4 rings (SSSR count). The summed E-state index contributed by atoms with van der Waals surface area (Å²) in [7, 11) is 4.72. The van der Waals surface area contributed by atoms with E-state index in [1.807, 2.05) is 26.0 Å². The topological polar surface area (TPSA) is 141 Å². The molecular formula is C40H57N3O8. The number of anilines is 1. The van der Waals surface area contributed by atoms with Crippen molar-refractivity contribution >= 4 is 23.5 Å². The van der Waals surface area contributed by atoms with Gasteiger partial charge in [0.1, 0.15) is 12.1 Å². The van der Waals surface area contributed by atoms with Crippen LogP contribution in [0.5, 0.6) is 17.2 Å². The molecule has 2 aliphatic carbocycles. The van der Waals surface area contributed by atoms with Crippen LogP contribution in [0.1, 0.15) is 115 Å². The van der Waals surface area contributed by atoms with E-state index in [4.69, 9.17) is 18.9 Å². The summed E-state index contributed by atoms with van der Waals surface area (Å²) in [6.45, 7) is 6.17. The molecule has 2 atom stereocenters. The molecule has 51 heavy (non-hydrogen) atoms. The van der Waals surface area contributed by atoms with Crippen molar-refractivity contribution in [1.82, 2.24) is 10.6 Å². The first-order chi connectivity index (χ1) is 24.6. The number of nitrogens with one attached hydrogen (secondary N) is 3. The molecule has 0 heterocycles. The molecule has 1 fully saturated rings. The number of fused-ring (bicyclic) bond motifs is 3. The lowest BCUT2D eigenvalue weighted by Crippen LogP contribution is -2.43. The number of aryl methyl sites for hydroxylation is 1. The van der Waals surface area contributed by atoms with Crippen LogP contribution in [0.15, 0.2) is 29.1 Å². The first kappa shape index (κ1) is 39.5. The summed E-state index contributed by atoms with van der Waals surface area (Å²) in [5.41, 5.74) is 3.61. The molecule has 0 saturated heterocycles. The number of methoxy groups -OCH3 is 3. The second kappa shape index (κ2) is 19.4. The Kier molecular flexibility index (Phi) is 15.0. The number of benzene rings is 1. The zero-order chi connectivity index (χ0) is 36.9. The summed E-state index contributed by atoms with van der Waals surface area (Å²) in [4.78, 5) is 51.2. The molecule has 2 aromatic carbocycles. The molecule has 0 aliphatic heterocycles. The summed E-state index contributed by atoms with van der Waals surface area (Å²) in [6, 6.07) is 6.31. The van der Waals surface area contributed by atoms with Gasteiger partial charge in [-0.05, 0) is 98.6 Å². The number of hydrogen-bond acceptors (Lipinski definition) is 9. The third-order valence-electron chi connectivity index (χ3n) is 9.72. The summed E-state index contributed by atoms with van der Waals surface area (Å²) in [6.07, 6.45) is 10.5. The minimum Gasteiger partial charge on any atom is -0.493 e. The fraction of sp³-hybridized carbons (Fsp3) is 0.600. The molecule has 2 aliphatic rings. The van der Waals surface area contributed by atoms with E-state index in [9.17, 15) is 19.2 Å². The van der Waals surface area contributed by atoms with Crippen LogP contribution >= 0.6 is 0 Å². The standard InChI is InChI=1S/C40H57N3O8/c1-25(2)22-33(40(47)51-28-14-11-12-15-28)43-36(46)16-10-8-7-9-13-21-41-32-20-18-29-30(24-34(32)45)31(42-26(3)44)19-17-27-23-35(48-4)38(49-5)39(50-6)37(27)29/h18,20,23-25,28,31,33H,7-17,19,21-22H2,1-6H3,(H,41,45)(H,42,44)(H,43,46)/t31-,33-/m0/s1. The van der Waals surface area contributed by atoms with Crippen molar-refractivity contribution in [3.63, 3.8) is 0 Å². The van der Waals surface area contributed by atoms with Crippen LogP contribution in [0.3, 0.4) is 0 Å². The van der Waals surface area contributed by atoms with Gasteiger partial charge in [0.05, 0.1) is 33.1 Å². The van der Waals surface area contributed by atoms with Crippen LogP contribution in [0.25, 0.3) is 11.1 Å². The van der Waals surface area contributed by atoms with E-state index in [0.717, 1.165) is 80.0 Å². The normalized spacial score (nSPS) is 15.9. The third kappa shape index (κ3) is 10.9. The van der Waals surface area contributed by atoms with Gasteiger partial charge in [0.25, 0.3) is 0 Å². The Morgan fingerprint density at radius 1 is 0.882 bits per heavy atom. The lowest BCUT2D eigenvalue weighted by atomic mass is 9.95. The molecule has 1 saturated carbocycles. The molecule has 2 amide bonds. The maximum Gasteiger partial charge on any atom is 0.328 e. The van der Waals surface area contributed by atoms with Crippen molar-refractivity contribution in [3.05, 3.63) is 45.6 Å². The van der Waals surface area contributed by atoms with Gasteiger partial charge >= 0.3 is 5.97 Å². The molecular weight excluding hydrogens is 650 g/mol. The molecule has 0 radical (unpaired) electrons. The fourth-order valence-corrected chi connectivity index (χ4v) is 7.22. The predicted molar refractivity (Wildman–Crippen MR) is 199 cm³/mol. The van der Waals surface area contributed by atoms with Crippen molar-refractivity contribution < 1.29 is 33.3 Å². The SMILES string of the molecule is COc1cc2c(c(OC)c1OC)-c1ccc(NCCCCCCCC(=O)N[C@@H](CC(C)C)C(=O)OC3CCCC3)c(=O)cc1[C@@H](NC(C)=O)CC2. The smallest absolute Gasteiger partial charge is 0.328 e. The Balaban J connectivity index is 1.33. The van der Waals surface area contributed by atoms with Crippen LogP contribution < -0.4 is 35.6 Å². The van der Waals surface area contributed by atoms with E-state index in [0.29, 0.717) is 55.2 Å². The van der Waals surface area contributed by atoms with E-state index in [-0.39, 0.29) is 41.3 Å². The number of esters is 1. The highest BCUT2D eigenvalue weighted by Crippen LogP contribution is 2.50. The van der Waals surface area contributed by atoms with Gasteiger partial charge < -0.3 is 34.9 Å². The Morgan fingerprint density at radius 2 is 1.59 bits per heavy atom. The van der Waals surface area contributed by atoms with Crippen molar-refractivity contribution in [1.29, 1.82) is 0 Å². The van der Waals surface area contributed by atoms with Gasteiger partial charge in [-0.25, -0.2) is 4.79 Å². The van der Waals surface area contributed by atoms with Crippen LogP contribution in [0.4, 0.5) is 5.69 Å². The summed E-state index contributed by atoms with van der Waals surface area (Å²) in [5.74, 6) is 1.20. The maximum absolute atomic E-state index is 13.5. The molecule has 11 heteroatoms. The Bertz CT molecular complexity index is 1570. The van der Waals surface area contributed by atoms with Gasteiger partial charge in [0.15, 0.2) is 11.5 Å². The third-order valence-corrected chi connectivity index (χ3v) is 9.72. The highest BCUT2D eigenvalue weighted by Gasteiger charge is 2.30. The molecule has 0 unspecified atom stereocenters. The van der Waals surface area contributed by atoms with E-state index in [1.165, 1.54) is 6.92 Å². The van der Waals surface area contributed by atoms with Crippen molar-refractivity contribution in [2.45, 2.75) is 122 Å². The van der Waals surface area contributed by atoms with Crippen LogP contribution in [-0.2, 0) is 25.5 Å². The Hall–Kier alpha value is -4.28. The number of unbranched alkanes of at least 4 members (excludes halogenated alkanes) is 4. The van der Waals surface area contributed by atoms with Crippen LogP contribution in [0.2, 0.25) is 0 Å². The van der Waals surface area contributed by atoms with Gasteiger partial charge in [-0.2, -0.15) is 0 Å². The van der Waals surface area contributed by atoms with Gasteiger partial charge in [0.2, 0.25) is 23.0 Å². The second-order valence-electron chi connectivity index (χ2n) is 14.1. The molecule has 0 bridgehead atoms. The number of carbonyl (C=O) groups is 3. The number of ether oxygens (including phenoxy) is 4. The monoisotopic (exact) mass is 707 g/mol. The summed E-state index contributed by atoms with van der Waals surface area (Å²) >= 11 is 0. The first-order valence-corrected chi connectivity index (χ1v) is 18.6. The second-order valence-corrected chi connectivity index (χ2v) is 14.1. The summed E-state index contributed by atoms with van der Waals surface area (Å²) < 4.78 is 22.8. The predicted octanol–water partition coefficient (Wildman–Crippen LogP) is 6.63. The van der Waals surface area contributed by atoms with Crippen molar-refractivity contribution in [2.75, 3.05) is 33.2 Å². The molecule has 3 N–H and O–H groups in total. The van der Waals surface area contributed by atoms with E-state index < -0.39 is 6.04 Å². The van der Waals surface area contributed by atoms with Gasteiger partial charge in [0, 0.05) is 25.5 Å². The Labute approximate surface area is 302 Å². The average molecular weight is 708 g/mol. The largest absolute Gasteiger partial charge is 0.493 e. The first-order valence-electron chi connectivity index (χ1n) is 18.6. The molecule has 0 aromatic heterocycles. The molecule has 11 nitrogen and oxygen atoms in total. The van der Waals surface area contributed by atoms with E-state index in [1.54, 1.807) is 33.5 Å². The minimum atomic E-state index is -0.593. The maximum atomic E-state index is 13.5. The minimum absolute atomic E-state index is 0.0166. The number of hydrogen-bond donors (Lipinski definition) is 3. The fourth-order valence-electron chi connectivity index (χ4n) is 7.22. The lowest BCUT2D eigenvalue weighted by Gasteiger charge is -2.21. The zero-order valence-corrected chi connectivity index (χ0v) is 31.3. The zero-order valence-electron chi connectivity index (χ0n) is 31.3. The van der Waals surface area contributed by atoms with Crippen LogP contribution in [-0.4, -0.2) is 57.8 Å². The van der Waals surface area contributed by atoms with Crippen molar-refractivity contribution in [3.8, 4) is 28.4 Å². The van der Waals surface area contributed by atoms with Gasteiger partial charge in [-0.3, -0.25) is 14.4 Å². The lowest BCUT2D eigenvalue weighted by molar-refractivity contribution is -0.153. The van der Waals surface area contributed by atoms with Crippen LogP contribution in [0, 0.1) is 5.92 Å². The number of rotatable bonds is 18.